The van der Waals surface area contributed by atoms with Crippen LogP contribution < -0.4 is 10.3 Å². The molecule has 0 amide bonds. The van der Waals surface area contributed by atoms with Gasteiger partial charge in [0.2, 0.25) is 0 Å². The van der Waals surface area contributed by atoms with Gasteiger partial charge in [-0.2, -0.15) is 0 Å². The highest BCUT2D eigenvalue weighted by atomic mass is 16.5. The minimum Gasteiger partial charge on any atom is -0.491 e. The number of hydrogen-bond donors (Lipinski definition) is 1. The van der Waals surface area contributed by atoms with Crippen molar-refractivity contribution in [3.63, 3.8) is 0 Å². The standard InChI is InChI=1S/C18H18N2O3/c1-13-19-17-10-6-5-9-16(17)18(22)20(13)11-14(21)12-23-15-7-3-2-4-8-15/h2-10,14,21H,11-12H2,1H3/t14-/m0/s1. The number of benzene rings is 2. The molecule has 3 aromatic rings. The van der Waals surface area contributed by atoms with Crippen molar-refractivity contribution in [3.05, 3.63) is 70.8 Å². The lowest BCUT2D eigenvalue weighted by molar-refractivity contribution is 0.0909. The zero-order valence-electron chi connectivity index (χ0n) is 12.8. The molecule has 5 nitrogen and oxygen atoms in total. The highest BCUT2D eigenvalue weighted by molar-refractivity contribution is 5.77. The summed E-state index contributed by atoms with van der Waals surface area (Å²) in [5.74, 6) is 1.26. The summed E-state index contributed by atoms with van der Waals surface area (Å²) >= 11 is 0. The Bertz CT molecular complexity index is 859. The number of aromatic nitrogens is 2. The van der Waals surface area contributed by atoms with Crippen LogP contribution in [-0.2, 0) is 6.54 Å². The molecule has 0 aliphatic heterocycles. The normalized spacial score (nSPS) is 12.3. The highest BCUT2D eigenvalue weighted by Crippen LogP contribution is 2.10. The molecule has 118 valence electrons. The number of fused-ring (bicyclic) bond motifs is 1. The molecule has 5 heteroatoms. The van der Waals surface area contributed by atoms with Crippen LogP contribution in [0.15, 0.2) is 59.4 Å². The van der Waals surface area contributed by atoms with Crippen LogP contribution in [0.3, 0.4) is 0 Å². The molecule has 0 saturated carbocycles. The van der Waals surface area contributed by atoms with Crippen molar-refractivity contribution in [1.29, 1.82) is 0 Å². The molecule has 0 fully saturated rings. The van der Waals surface area contributed by atoms with E-state index in [2.05, 4.69) is 4.98 Å². The van der Waals surface area contributed by atoms with Gasteiger partial charge >= 0.3 is 0 Å². The summed E-state index contributed by atoms with van der Waals surface area (Å²) in [6.45, 7) is 2.02. The van der Waals surface area contributed by atoms with Crippen LogP contribution in [0.5, 0.6) is 5.75 Å². The molecule has 0 saturated heterocycles. The number of aryl methyl sites for hydroxylation is 1. The Morgan fingerprint density at radius 2 is 1.83 bits per heavy atom. The summed E-state index contributed by atoms with van der Waals surface area (Å²) in [6, 6.07) is 16.5. The second-order valence-corrected chi connectivity index (χ2v) is 5.37. The third kappa shape index (κ3) is 3.40. The first-order valence-corrected chi connectivity index (χ1v) is 7.47. The molecule has 2 aromatic carbocycles. The van der Waals surface area contributed by atoms with Crippen molar-refractivity contribution in [2.24, 2.45) is 0 Å². The number of hydrogen-bond acceptors (Lipinski definition) is 4. The fourth-order valence-electron chi connectivity index (χ4n) is 2.47. The quantitative estimate of drug-likeness (QED) is 0.784. The molecular formula is C18H18N2O3. The summed E-state index contributed by atoms with van der Waals surface area (Å²) in [4.78, 5) is 16.9. The SMILES string of the molecule is Cc1nc2ccccc2c(=O)n1C[C@H](O)COc1ccccc1. The van der Waals surface area contributed by atoms with Gasteiger partial charge in [0.05, 0.1) is 17.4 Å². The van der Waals surface area contributed by atoms with E-state index in [4.69, 9.17) is 4.74 Å². The topological polar surface area (TPSA) is 64.4 Å². The monoisotopic (exact) mass is 310 g/mol. The van der Waals surface area contributed by atoms with Gasteiger partial charge in [0.1, 0.15) is 24.3 Å². The van der Waals surface area contributed by atoms with Crippen molar-refractivity contribution in [1.82, 2.24) is 9.55 Å². The van der Waals surface area contributed by atoms with Crippen LogP contribution in [0.2, 0.25) is 0 Å². The van der Waals surface area contributed by atoms with E-state index in [1.807, 2.05) is 42.5 Å². The lowest BCUT2D eigenvalue weighted by atomic mass is 10.2. The third-order valence-electron chi connectivity index (χ3n) is 3.63. The second-order valence-electron chi connectivity index (χ2n) is 5.37. The predicted molar refractivity (Wildman–Crippen MR) is 88.7 cm³/mol. The smallest absolute Gasteiger partial charge is 0.261 e. The first-order chi connectivity index (χ1) is 11.1. The molecule has 0 spiro atoms. The van der Waals surface area contributed by atoms with E-state index in [0.29, 0.717) is 22.5 Å². The molecular weight excluding hydrogens is 292 g/mol. The number of nitrogens with zero attached hydrogens (tertiary/aromatic N) is 2. The lowest BCUT2D eigenvalue weighted by Gasteiger charge is -2.16. The molecule has 1 atom stereocenters. The van der Waals surface area contributed by atoms with Crippen molar-refractivity contribution < 1.29 is 9.84 Å². The van der Waals surface area contributed by atoms with Gasteiger partial charge in [-0.15, -0.1) is 0 Å². The van der Waals surface area contributed by atoms with Crippen molar-refractivity contribution in [2.75, 3.05) is 6.61 Å². The maximum absolute atomic E-state index is 12.5. The maximum Gasteiger partial charge on any atom is 0.261 e. The average molecular weight is 310 g/mol. The summed E-state index contributed by atoms with van der Waals surface area (Å²) in [5, 5.41) is 10.7. The summed E-state index contributed by atoms with van der Waals surface area (Å²) < 4.78 is 7.01. The summed E-state index contributed by atoms with van der Waals surface area (Å²) in [7, 11) is 0. The maximum atomic E-state index is 12.5. The molecule has 1 heterocycles. The van der Waals surface area contributed by atoms with E-state index in [1.165, 1.54) is 4.57 Å². The first-order valence-electron chi connectivity index (χ1n) is 7.47. The Morgan fingerprint density at radius 1 is 1.13 bits per heavy atom. The third-order valence-corrected chi connectivity index (χ3v) is 3.63. The van der Waals surface area contributed by atoms with Gasteiger partial charge in [0, 0.05) is 0 Å². The molecule has 3 rings (SSSR count). The zero-order valence-corrected chi connectivity index (χ0v) is 12.8. The number of ether oxygens (including phenoxy) is 1. The Balaban J connectivity index is 1.77. The predicted octanol–water partition coefficient (Wildman–Crippen LogP) is 2.14. The molecule has 0 unspecified atom stereocenters. The minimum atomic E-state index is -0.797. The van der Waals surface area contributed by atoms with Crippen LogP contribution in [0.25, 0.3) is 10.9 Å². The van der Waals surface area contributed by atoms with Crippen LogP contribution in [0.1, 0.15) is 5.82 Å². The number of aliphatic hydroxyl groups is 1. The van der Waals surface area contributed by atoms with Gasteiger partial charge in [-0.05, 0) is 31.2 Å². The van der Waals surface area contributed by atoms with Gasteiger partial charge in [0.15, 0.2) is 0 Å². The molecule has 0 aliphatic carbocycles. The van der Waals surface area contributed by atoms with E-state index in [9.17, 15) is 9.90 Å². The van der Waals surface area contributed by atoms with Gasteiger partial charge in [-0.25, -0.2) is 4.98 Å². The molecule has 0 aliphatic rings. The lowest BCUT2D eigenvalue weighted by Crippen LogP contribution is -2.32. The fraction of sp³-hybridized carbons (Fsp3) is 0.222. The van der Waals surface area contributed by atoms with Gasteiger partial charge in [-0.1, -0.05) is 30.3 Å². The molecule has 23 heavy (non-hydrogen) atoms. The molecule has 0 radical (unpaired) electrons. The minimum absolute atomic E-state index is 0.114. The van der Waals surface area contributed by atoms with Crippen molar-refractivity contribution in [2.45, 2.75) is 19.6 Å². The van der Waals surface area contributed by atoms with Crippen molar-refractivity contribution in [3.8, 4) is 5.75 Å². The highest BCUT2D eigenvalue weighted by Gasteiger charge is 2.12. The Labute approximate surface area is 133 Å². The van der Waals surface area contributed by atoms with Crippen LogP contribution in [0, 0.1) is 6.92 Å². The van der Waals surface area contributed by atoms with E-state index in [0.717, 1.165) is 0 Å². The Morgan fingerprint density at radius 3 is 2.61 bits per heavy atom. The molecule has 1 N–H and O–H groups in total. The average Bonchev–Trinajstić information content (AvgIpc) is 2.58. The number of aliphatic hydroxyl groups excluding tert-OH is 1. The summed E-state index contributed by atoms with van der Waals surface area (Å²) in [5.41, 5.74) is 0.521. The second kappa shape index (κ2) is 6.62. The van der Waals surface area contributed by atoms with Gasteiger partial charge < -0.3 is 9.84 Å². The fourth-order valence-corrected chi connectivity index (χ4v) is 2.47. The summed E-state index contributed by atoms with van der Waals surface area (Å²) in [6.07, 6.45) is -0.797. The van der Waals surface area contributed by atoms with Crippen molar-refractivity contribution >= 4 is 10.9 Å². The van der Waals surface area contributed by atoms with Crippen LogP contribution >= 0.6 is 0 Å². The van der Waals surface area contributed by atoms with E-state index in [-0.39, 0.29) is 18.7 Å². The van der Waals surface area contributed by atoms with E-state index in [1.54, 1.807) is 19.1 Å². The first kappa shape index (κ1) is 15.2. The number of para-hydroxylation sites is 2. The Kier molecular flexibility index (Phi) is 4.39. The largest absolute Gasteiger partial charge is 0.491 e. The van der Waals surface area contributed by atoms with Crippen LogP contribution in [0.4, 0.5) is 0 Å². The Hall–Kier alpha value is -2.66. The zero-order chi connectivity index (χ0) is 16.2. The molecule has 1 aromatic heterocycles. The van der Waals surface area contributed by atoms with E-state index >= 15 is 0 Å². The molecule has 0 bridgehead atoms. The number of rotatable bonds is 5. The van der Waals surface area contributed by atoms with Gasteiger partial charge in [0.25, 0.3) is 5.56 Å². The van der Waals surface area contributed by atoms with E-state index < -0.39 is 6.10 Å². The van der Waals surface area contributed by atoms with Crippen LogP contribution in [-0.4, -0.2) is 27.4 Å². The van der Waals surface area contributed by atoms with Gasteiger partial charge in [-0.3, -0.25) is 9.36 Å².